The minimum Gasteiger partial charge on any atom is -0.348 e. The maximum atomic E-state index is 13.1. The fourth-order valence-electron chi connectivity index (χ4n) is 3.62. The summed E-state index contributed by atoms with van der Waals surface area (Å²) in [6.45, 7) is 1.22. The second kappa shape index (κ2) is 8.83. The van der Waals surface area contributed by atoms with Crippen LogP contribution in [0.1, 0.15) is 24.1 Å². The minimum atomic E-state index is -3.46. The van der Waals surface area contributed by atoms with Gasteiger partial charge in [0.15, 0.2) is 15.0 Å². The highest BCUT2D eigenvalue weighted by Crippen LogP contribution is 2.30. The maximum absolute atomic E-state index is 13.1. The van der Waals surface area contributed by atoms with Crippen molar-refractivity contribution in [2.75, 3.05) is 18.0 Å². The Morgan fingerprint density at radius 3 is 2.33 bits per heavy atom. The van der Waals surface area contributed by atoms with Gasteiger partial charge in [0.05, 0.1) is 15.8 Å². The van der Waals surface area contributed by atoms with Crippen molar-refractivity contribution in [1.82, 2.24) is 4.98 Å². The van der Waals surface area contributed by atoms with Gasteiger partial charge in [0.25, 0.3) is 0 Å². The predicted molar refractivity (Wildman–Crippen MR) is 120 cm³/mol. The fraction of sp³-hybridized carbons (Fsp3) is 0.286. The van der Waals surface area contributed by atoms with Crippen molar-refractivity contribution in [1.29, 1.82) is 0 Å². The lowest BCUT2D eigenvalue weighted by Gasteiger charge is -2.31. The summed E-state index contributed by atoms with van der Waals surface area (Å²) >= 11 is 13.7. The molecule has 0 bridgehead atoms. The number of thiazole rings is 1. The maximum Gasteiger partial charge on any atom is 0.185 e. The molecule has 1 aliphatic heterocycles. The number of piperidine rings is 1. The molecule has 2 heterocycles. The summed E-state index contributed by atoms with van der Waals surface area (Å²) in [5.74, 6) is -0.441. The number of benzene rings is 2. The van der Waals surface area contributed by atoms with Crippen molar-refractivity contribution in [3.8, 4) is 0 Å². The second-order valence-electron chi connectivity index (χ2n) is 7.26. The number of sulfone groups is 1. The van der Waals surface area contributed by atoms with E-state index in [4.69, 9.17) is 28.2 Å². The van der Waals surface area contributed by atoms with Gasteiger partial charge in [-0.2, -0.15) is 0 Å². The van der Waals surface area contributed by atoms with Gasteiger partial charge in [-0.1, -0.05) is 23.2 Å². The molecule has 0 aliphatic carbocycles. The molecule has 0 saturated carbocycles. The molecule has 4 nitrogen and oxygen atoms in total. The summed E-state index contributed by atoms with van der Waals surface area (Å²) in [6.07, 6.45) is 1.66. The summed E-state index contributed by atoms with van der Waals surface area (Å²) in [5, 5.41) is 3.61. The number of halogens is 3. The van der Waals surface area contributed by atoms with Crippen LogP contribution in [0.3, 0.4) is 0 Å². The molecule has 0 N–H and O–H groups in total. The second-order valence-corrected chi connectivity index (χ2v) is 11.2. The molecule has 0 spiro atoms. The van der Waals surface area contributed by atoms with Crippen LogP contribution in [0.25, 0.3) is 0 Å². The topological polar surface area (TPSA) is 50.3 Å². The van der Waals surface area contributed by atoms with E-state index in [0.29, 0.717) is 42.4 Å². The van der Waals surface area contributed by atoms with Crippen molar-refractivity contribution in [3.05, 3.63) is 75.0 Å². The van der Waals surface area contributed by atoms with Crippen LogP contribution in [0, 0.1) is 5.82 Å². The lowest BCUT2D eigenvalue weighted by molar-refractivity contribution is 0.529. The highest BCUT2D eigenvalue weighted by atomic mass is 35.5. The Bertz CT molecular complexity index is 1120. The van der Waals surface area contributed by atoms with Crippen molar-refractivity contribution in [2.24, 2.45) is 0 Å². The molecule has 1 aromatic heterocycles. The van der Waals surface area contributed by atoms with E-state index in [9.17, 15) is 12.8 Å². The van der Waals surface area contributed by atoms with Gasteiger partial charge in [0.1, 0.15) is 5.82 Å². The van der Waals surface area contributed by atoms with Crippen LogP contribution < -0.4 is 4.90 Å². The van der Waals surface area contributed by atoms with Crippen LogP contribution in [0.5, 0.6) is 0 Å². The summed E-state index contributed by atoms with van der Waals surface area (Å²) < 4.78 is 38.8. The predicted octanol–water partition coefficient (Wildman–Crippen LogP) is 5.62. The third-order valence-corrected chi connectivity index (χ3v) is 8.81. The van der Waals surface area contributed by atoms with Gasteiger partial charge in [0, 0.05) is 34.9 Å². The molecule has 3 aromatic rings. The van der Waals surface area contributed by atoms with Gasteiger partial charge in [-0.05, 0) is 60.9 Å². The van der Waals surface area contributed by atoms with Crippen LogP contribution >= 0.6 is 34.5 Å². The summed E-state index contributed by atoms with van der Waals surface area (Å²) in [6, 6.07) is 10.5. The van der Waals surface area contributed by atoms with E-state index in [0.717, 1.165) is 16.4 Å². The minimum absolute atomic E-state index is 0.180. The molecule has 0 amide bonds. The zero-order valence-corrected chi connectivity index (χ0v) is 19.0. The third-order valence-electron chi connectivity index (χ3n) is 5.14. The van der Waals surface area contributed by atoms with Crippen LogP contribution in [-0.4, -0.2) is 31.7 Å². The first-order chi connectivity index (χ1) is 14.3. The molecule has 1 fully saturated rings. The molecule has 2 aromatic carbocycles. The number of anilines is 1. The first-order valence-electron chi connectivity index (χ1n) is 9.45. The molecule has 9 heteroatoms. The zero-order chi connectivity index (χ0) is 21.3. The largest absolute Gasteiger partial charge is 0.348 e. The number of aromatic nitrogens is 1. The normalized spacial score (nSPS) is 15.5. The first-order valence-corrected chi connectivity index (χ1v) is 12.6. The lowest BCUT2D eigenvalue weighted by atomic mass is 10.1. The van der Waals surface area contributed by atoms with E-state index in [2.05, 4.69) is 4.90 Å². The molecule has 1 aliphatic rings. The standard InChI is InChI=1S/C21H19Cl2FN2O2S2/c22-15-9-14(10-16(23)12-15)11-18-13-29-21(25-18)26-7-5-20(6-8-26)30(27,28)19-3-1-17(24)2-4-19/h1-4,9-10,12-13,20H,5-8,11H2. The van der Waals surface area contributed by atoms with E-state index in [1.54, 1.807) is 17.4 Å². The number of hydrogen-bond donors (Lipinski definition) is 0. The molecule has 4 rings (SSSR count). The molecule has 30 heavy (non-hydrogen) atoms. The summed E-state index contributed by atoms with van der Waals surface area (Å²) in [5.41, 5.74) is 1.92. The van der Waals surface area contributed by atoms with Crippen LogP contribution in [-0.2, 0) is 16.3 Å². The molecule has 158 valence electrons. The van der Waals surface area contributed by atoms with Gasteiger partial charge < -0.3 is 4.90 Å². The lowest BCUT2D eigenvalue weighted by Crippen LogP contribution is -2.39. The Balaban J connectivity index is 1.40. The fourth-order valence-corrected chi connectivity index (χ4v) is 6.80. The monoisotopic (exact) mass is 484 g/mol. The van der Waals surface area contributed by atoms with Gasteiger partial charge in [-0.3, -0.25) is 0 Å². The molecular formula is C21H19Cl2FN2O2S2. The quantitative estimate of drug-likeness (QED) is 0.440. The van der Waals surface area contributed by atoms with Crippen LogP contribution in [0.2, 0.25) is 10.0 Å². The van der Waals surface area contributed by atoms with E-state index < -0.39 is 20.9 Å². The van der Waals surface area contributed by atoms with Crippen molar-refractivity contribution in [2.45, 2.75) is 29.4 Å². The zero-order valence-electron chi connectivity index (χ0n) is 15.9. The Morgan fingerprint density at radius 2 is 1.70 bits per heavy atom. The SMILES string of the molecule is O=S(=O)(c1ccc(F)cc1)C1CCN(c2nc(Cc3cc(Cl)cc(Cl)c3)cs2)CC1. The Morgan fingerprint density at radius 1 is 1.07 bits per heavy atom. The van der Waals surface area contributed by atoms with Gasteiger partial charge in [-0.15, -0.1) is 11.3 Å². The average molecular weight is 485 g/mol. The molecule has 0 radical (unpaired) electrons. The molecule has 0 unspecified atom stereocenters. The third kappa shape index (κ3) is 4.80. The average Bonchev–Trinajstić information content (AvgIpc) is 3.16. The van der Waals surface area contributed by atoms with Crippen LogP contribution in [0.4, 0.5) is 9.52 Å². The van der Waals surface area contributed by atoms with E-state index in [-0.39, 0.29) is 4.90 Å². The van der Waals surface area contributed by atoms with E-state index >= 15 is 0 Å². The van der Waals surface area contributed by atoms with E-state index in [1.165, 1.54) is 24.3 Å². The van der Waals surface area contributed by atoms with Crippen molar-refractivity contribution >= 4 is 49.5 Å². The Hall–Kier alpha value is -1.67. The van der Waals surface area contributed by atoms with Crippen molar-refractivity contribution in [3.63, 3.8) is 0 Å². The Kier molecular flexibility index (Phi) is 6.34. The van der Waals surface area contributed by atoms with Crippen molar-refractivity contribution < 1.29 is 12.8 Å². The Labute approximate surface area is 189 Å². The van der Waals surface area contributed by atoms with Gasteiger partial charge in [-0.25, -0.2) is 17.8 Å². The highest BCUT2D eigenvalue weighted by molar-refractivity contribution is 7.92. The highest BCUT2D eigenvalue weighted by Gasteiger charge is 2.32. The first kappa shape index (κ1) is 21.6. The summed E-state index contributed by atoms with van der Waals surface area (Å²) in [4.78, 5) is 7.01. The molecule has 1 saturated heterocycles. The van der Waals surface area contributed by atoms with E-state index in [1.807, 2.05) is 17.5 Å². The summed E-state index contributed by atoms with van der Waals surface area (Å²) in [7, 11) is -3.46. The van der Waals surface area contributed by atoms with Gasteiger partial charge >= 0.3 is 0 Å². The number of hydrogen-bond acceptors (Lipinski definition) is 5. The van der Waals surface area contributed by atoms with Crippen LogP contribution in [0.15, 0.2) is 52.7 Å². The number of nitrogens with zero attached hydrogens (tertiary/aromatic N) is 2. The number of rotatable bonds is 5. The molecular weight excluding hydrogens is 466 g/mol. The van der Waals surface area contributed by atoms with Gasteiger partial charge in [0.2, 0.25) is 0 Å². The molecule has 0 atom stereocenters. The smallest absolute Gasteiger partial charge is 0.185 e.